The van der Waals surface area contributed by atoms with Gasteiger partial charge in [-0.15, -0.1) is 0 Å². The van der Waals surface area contributed by atoms with Crippen LogP contribution < -0.4 is 10.6 Å². The molecule has 1 fully saturated rings. The number of aryl methyl sites for hydroxylation is 2. The highest BCUT2D eigenvalue weighted by molar-refractivity contribution is 5.95. The van der Waals surface area contributed by atoms with Crippen LogP contribution >= 0.6 is 0 Å². The number of furan rings is 1. The van der Waals surface area contributed by atoms with E-state index in [9.17, 15) is 9.59 Å². The predicted molar refractivity (Wildman–Crippen MR) is 95.7 cm³/mol. The number of likely N-dealkylation sites (tertiary alicyclic amines) is 1. The van der Waals surface area contributed by atoms with Gasteiger partial charge >= 0.3 is 6.03 Å². The van der Waals surface area contributed by atoms with Crippen LogP contribution in [0.25, 0.3) is 0 Å². The average molecular weight is 341 g/mol. The molecule has 0 spiro atoms. The van der Waals surface area contributed by atoms with Gasteiger partial charge in [0.25, 0.3) is 5.91 Å². The number of carbonyl (C=O) groups excluding carboxylic acids is 2. The maximum atomic E-state index is 12.4. The minimum atomic E-state index is -0.209. The summed E-state index contributed by atoms with van der Waals surface area (Å²) in [7, 11) is 0. The van der Waals surface area contributed by atoms with Crippen LogP contribution in [0.15, 0.2) is 41.0 Å². The van der Waals surface area contributed by atoms with Gasteiger partial charge in [0, 0.05) is 24.8 Å². The molecular formula is C19H23N3O3. The van der Waals surface area contributed by atoms with E-state index < -0.39 is 0 Å². The van der Waals surface area contributed by atoms with E-state index >= 15 is 0 Å². The van der Waals surface area contributed by atoms with Gasteiger partial charge in [-0.3, -0.25) is 4.79 Å². The molecule has 6 heteroatoms. The molecule has 0 radical (unpaired) electrons. The molecule has 132 valence electrons. The number of benzene rings is 1. The molecule has 2 heterocycles. The number of urea groups is 1. The molecule has 0 unspecified atom stereocenters. The second-order valence-electron chi connectivity index (χ2n) is 6.42. The van der Waals surface area contributed by atoms with Crippen LogP contribution in [0, 0.1) is 13.8 Å². The lowest BCUT2D eigenvalue weighted by molar-refractivity contribution is 0.0707. The highest BCUT2D eigenvalue weighted by atomic mass is 16.3. The van der Waals surface area contributed by atoms with E-state index in [1.807, 2.05) is 36.1 Å². The minimum absolute atomic E-state index is 0.00573. The molecule has 0 atom stereocenters. The Balaban J connectivity index is 1.47. The fraction of sp³-hybridized carbons (Fsp3) is 0.368. The highest BCUT2D eigenvalue weighted by Crippen LogP contribution is 2.17. The topological polar surface area (TPSA) is 74.6 Å². The first-order valence-electron chi connectivity index (χ1n) is 8.50. The second kappa shape index (κ2) is 7.42. The van der Waals surface area contributed by atoms with Crippen molar-refractivity contribution in [2.24, 2.45) is 0 Å². The molecule has 1 saturated heterocycles. The number of hydrogen-bond donors (Lipinski definition) is 2. The monoisotopic (exact) mass is 341 g/mol. The van der Waals surface area contributed by atoms with Crippen LogP contribution in [0.3, 0.4) is 0 Å². The van der Waals surface area contributed by atoms with Crippen molar-refractivity contribution >= 4 is 17.6 Å². The van der Waals surface area contributed by atoms with Gasteiger partial charge in [0.1, 0.15) is 5.76 Å². The molecule has 25 heavy (non-hydrogen) atoms. The normalized spacial score (nSPS) is 15.0. The molecule has 3 rings (SSSR count). The van der Waals surface area contributed by atoms with Crippen molar-refractivity contribution in [2.75, 3.05) is 18.4 Å². The molecule has 1 aliphatic rings. The number of anilines is 1. The number of piperidine rings is 1. The number of nitrogens with zero attached hydrogens (tertiary/aromatic N) is 1. The van der Waals surface area contributed by atoms with Crippen molar-refractivity contribution in [2.45, 2.75) is 32.7 Å². The number of carbonyl (C=O) groups is 2. The molecule has 0 bridgehead atoms. The lowest BCUT2D eigenvalue weighted by Gasteiger charge is -2.32. The Morgan fingerprint density at radius 2 is 1.76 bits per heavy atom. The summed E-state index contributed by atoms with van der Waals surface area (Å²) >= 11 is 0. The summed E-state index contributed by atoms with van der Waals surface area (Å²) in [6.07, 6.45) is 3.01. The zero-order valence-corrected chi connectivity index (χ0v) is 14.5. The first-order chi connectivity index (χ1) is 12.0. The van der Waals surface area contributed by atoms with Crippen molar-refractivity contribution in [1.29, 1.82) is 0 Å². The Morgan fingerprint density at radius 3 is 2.36 bits per heavy atom. The third-order valence-electron chi connectivity index (χ3n) is 4.52. The van der Waals surface area contributed by atoms with Crippen LogP contribution in [0.4, 0.5) is 10.5 Å². The molecule has 2 aromatic rings. The number of hydrogen-bond acceptors (Lipinski definition) is 3. The van der Waals surface area contributed by atoms with E-state index in [-0.39, 0.29) is 18.0 Å². The quantitative estimate of drug-likeness (QED) is 0.899. The van der Waals surface area contributed by atoms with E-state index in [1.54, 1.807) is 13.0 Å². The van der Waals surface area contributed by atoms with Crippen molar-refractivity contribution in [3.63, 3.8) is 0 Å². The summed E-state index contributed by atoms with van der Waals surface area (Å²) < 4.78 is 5.20. The second-order valence-corrected chi connectivity index (χ2v) is 6.42. The Labute approximate surface area is 147 Å². The van der Waals surface area contributed by atoms with Crippen molar-refractivity contribution in [3.8, 4) is 0 Å². The first kappa shape index (κ1) is 17.1. The largest absolute Gasteiger partial charge is 0.469 e. The molecule has 1 aromatic heterocycles. The molecule has 0 saturated carbocycles. The first-order valence-corrected chi connectivity index (χ1v) is 8.50. The van der Waals surface area contributed by atoms with E-state index in [1.165, 1.54) is 6.26 Å². The van der Waals surface area contributed by atoms with Gasteiger partial charge in [-0.2, -0.15) is 0 Å². The van der Waals surface area contributed by atoms with Gasteiger partial charge in [0.15, 0.2) is 0 Å². The van der Waals surface area contributed by atoms with Crippen LogP contribution in [0.5, 0.6) is 0 Å². The van der Waals surface area contributed by atoms with E-state index in [0.29, 0.717) is 24.4 Å². The zero-order valence-electron chi connectivity index (χ0n) is 14.5. The maximum Gasteiger partial charge on any atom is 0.319 e. The molecule has 0 aliphatic carbocycles. The van der Waals surface area contributed by atoms with Crippen molar-refractivity contribution < 1.29 is 14.0 Å². The van der Waals surface area contributed by atoms with E-state index in [0.717, 1.165) is 24.1 Å². The van der Waals surface area contributed by atoms with Gasteiger partial charge in [-0.1, -0.05) is 17.7 Å². The van der Waals surface area contributed by atoms with Gasteiger partial charge in [0.2, 0.25) is 0 Å². The molecule has 1 aliphatic heterocycles. The molecule has 1 aromatic carbocycles. The van der Waals surface area contributed by atoms with Crippen molar-refractivity contribution in [1.82, 2.24) is 10.2 Å². The van der Waals surface area contributed by atoms with Crippen LogP contribution in [0.1, 0.15) is 34.5 Å². The van der Waals surface area contributed by atoms with Gasteiger partial charge < -0.3 is 20.0 Å². The maximum absolute atomic E-state index is 12.4. The smallest absolute Gasteiger partial charge is 0.319 e. The zero-order chi connectivity index (χ0) is 17.8. The lowest BCUT2D eigenvalue weighted by Crippen LogP contribution is -2.47. The van der Waals surface area contributed by atoms with Gasteiger partial charge in [-0.25, -0.2) is 4.79 Å². The Kier molecular flexibility index (Phi) is 5.07. The summed E-state index contributed by atoms with van der Waals surface area (Å²) in [5, 5.41) is 5.82. The molecule has 6 nitrogen and oxygen atoms in total. The third-order valence-corrected chi connectivity index (χ3v) is 4.52. The number of rotatable bonds is 3. The lowest BCUT2D eigenvalue weighted by atomic mass is 10.0. The number of nitrogens with one attached hydrogen (secondary N) is 2. The summed E-state index contributed by atoms with van der Waals surface area (Å²) in [6.45, 7) is 5.04. The summed E-state index contributed by atoms with van der Waals surface area (Å²) in [4.78, 5) is 26.4. The van der Waals surface area contributed by atoms with E-state index in [4.69, 9.17) is 4.42 Å². The van der Waals surface area contributed by atoms with E-state index in [2.05, 4.69) is 10.6 Å². The van der Waals surface area contributed by atoms with Crippen molar-refractivity contribution in [3.05, 3.63) is 53.5 Å². The average Bonchev–Trinajstić information content (AvgIpc) is 3.03. The summed E-state index contributed by atoms with van der Waals surface area (Å²) in [5.74, 6) is 0.636. The minimum Gasteiger partial charge on any atom is -0.469 e. The predicted octanol–water partition coefficient (Wildman–Crippen LogP) is 3.32. The van der Waals surface area contributed by atoms with Crippen LogP contribution in [0.2, 0.25) is 0 Å². The summed E-state index contributed by atoms with van der Waals surface area (Å²) in [6, 6.07) is 9.23. The molecular weight excluding hydrogens is 318 g/mol. The van der Waals surface area contributed by atoms with Gasteiger partial charge in [0.05, 0.1) is 11.8 Å². The van der Waals surface area contributed by atoms with Crippen LogP contribution in [-0.4, -0.2) is 36.0 Å². The Morgan fingerprint density at radius 1 is 1.08 bits per heavy atom. The van der Waals surface area contributed by atoms with Crippen LogP contribution in [-0.2, 0) is 0 Å². The van der Waals surface area contributed by atoms with Gasteiger partial charge in [-0.05, 0) is 44.9 Å². The summed E-state index contributed by atoms with van der Waals surface area (Å²) in [5.41, 5.74) is 2.53. The Bertz CT molecular complexity index is 744. The molecule has 3 amide bonds. The third kappa shape index (κ3) is 4.21. The standard InChI is InChI=1S/C19H23N3O3/c1-13-3-5-15(6-4-13)20-19(24)21-16-7-10-22(11-8-16)18(23)17-9-12-25-14(17)2/h3-6,9,12,16H,7-8,10-11H2,1-2H3,(H2,20,21,24). The fourth-order valence-corrected chi connectivity index (χ4v) is 2.99. The SMILES string of the molecule is Cc1ccc(NC(=O)NC2CCN(C(=O)c3ccoc3C)CC2)cc1. The highest BCUT2D eigenvalue weighted by Gasteiger charge is 2.26. The Hall–Kier alpha value is -2.76. The fourth-order valence-electron chi connectivity index (χ4n) is 2.99. The molecule has 2 N–H and O–H groups in total. The number of amides is 3.